The molecular weight excluding hydrogens is 282 g/mol. The van der Waals surface area contributed by atoms with E-state index >= 15 is 0 Å². The lowest BCUT2D eigenvalue weighted by atomic mass is 10.0. The van der Waals surface area contributed by atoms with Crippen molar-refractivity contribution in [2.45, 2.75) is 44.3 Å². The number of carbonyl (C=O) groups excluding carboxylic acids is 1. The number of likely N-dealkylation sites (tertiary alicyclic amines) is 1. The average molecular weight is 307 g/mol. The monoisotopic (exact) mass is 307 g/mol. The molecule has 5 heteroatoms. The first-order chi connectivity index (χ1) is 10.2. The summed E-state index contributed by atoms with van der Waals surface area (Å²) in [5, 5.41) is 5.67. The van der Waals surface area contributed by atoms with Crippen LogP contribution in [0, 0.1) is 0 Å². The second kappa shape index (κ2) is 6.90. The average Bonchev–Trinajstić information content (AvgIpc) is 3.20. The molecule has 2 fully saturated rings. The molecule has 0 aliphatic carbocycles. The molecule has 0 saturated carbocycles. The van der Waals surface area contributed by atoms with Crippen LogP contribution in [0.1, 0.15) is 30.6 Å². The van der Waals surface area contributed by atoms with Crippen molar-refractivity contribution in [2.24, 2.45) is 0 Å². The molecule has 0 aromatic carbocycles. The molecule has 2 aliphatic rings. The maximum Gasteiger partial charge on any atom is 0.236 e. The summed E-state index contributed by atoms with van der Waals surface area (Å²) in [5.41, 5.74) is 0. The van der Waals surface area contributed by atoms with Gasteiger partial charge in [0.2, 0.25) is 5.91 Å². The van der Waals surface area contributed by atoms with Gasteiger partial charge < -0.3 is 10.2 Å². The molecule has 2 aliphatic heterocycles. The molecular formula is C16H25N3OS. The molecule has 1 aromatic heterocycles. The second-order valence-electron chi connectivity index (χ2n) is 6.21. The van der Waals surface area contributed by atoms with Gasteiger partial charge in [-0.3, -0.25) is 9.69 Å². The first-order valence-electron chi connectivity index (χ1n) is 7.98. The van der Waals surface area contributed by atoms with E-state index in [4.69, 9.17) is 0 Å². The number of carbonyl (C=O) groups is 1. The summed E-state index contributed by atoms with van der Waals surface area (Å²) in [6, 6.07) is 5.30. The second-order valence-corrected chi connectivity index (χ2v) is 7.24. The zero-order valence-electron chi connectivity index (χ0n) is 12.8. The third kappa shape index (κ3) is 3.65. The minimum atomic E-state index is 0.244. The van der Waals surface area contributed by atoms with Crippen molar-refractivity contribution >= 4 is 17.2 Å². The molecule has 1 amide bonds. The van der Waals surface area contributed by atoms with Crippen LogP contribution in [0.5, 0.6) is 0 Å². The van der Waals surface area contributed by atoms with Gasteiger partial charge in [0.1, 0.15) is 0 Å². The van der Waals surface area contributed by atoms with Crippen molar-refractivity contribution in [2.75, 3.05) is 26.7 Å². The van der Waals surface area contributed by atoms with Crippen molar-refractivity contribution in [3.63, 3.8) is 0 Å². The van der Waals surface area contributed by atoms with Crippen LogP contribution in [0.2, 0.25) is 0 Å². The molecule has 2 saturated heterocycles. The van der Waals surface area contributed by atoms with Crippen molar-refractivity contribution in [1.82, 2.24) is 15.1 Å². The van der Waals surface area contributed by atoms with E-state index in [0.717, 1.165) is 19.6 Å². The highest BCUT2D eigenvalue weighted by atomic mass is 32.1. The fraction of sp³-hybridized carbons (Fsp3) is 0.688. The van der Waals surface area contributed by atoms with E-state index in [-0.39, 0.29) is 5.91 Å². The van der Waals surface area contributed by atoms with Gasteiger partial charge in [-0.25, -0.2) is 0 Å². The Bertz CT molecular complexity index is 456. The van der Waals surface area contributed by atoms with Gasteiger partial charge in [-0.15, -0.1) is 11.3 Å². The van der Waals surface area contributed by atoms with E-state index < -0.39 is 0 Å². The number of hydrogen-bond acceptors (Lipinski definition) is 4. The summed E-state index contributed by atoms with van der Waals surface area (Å²) in [6.45, 7) is 3.52. The molecule has 2 atom stereocenters. The topological polar surface area (TPSA) is 35.6 Å². The Morgan fingerprint density at radius 3 is 3.10 bits per heavy atom. The standard InChI is InChI=1S/C16H25N3OS/c1-18(11-13-5-4-10-21-13)16(20)12-19-9-3-7-15(19)14-6-2-8-17-14/h4-5,10,14-15,17H,2-3,6-9,11-12H2,1H3. The molecule has 4 nitrogen and oxygen atoms in total. The fourth-order valence-corrected chi connectivity index (χ4v) is 4.32. The van der Waals surface area contributed by atoms with E-state index in [1.54, 1.807) is 11.3 Å². The van der Waals surface area contributed by atoms with Crippen molar-refractivity contribution in [3.8, 4) is 0 Å². The van der Waals surface area contributed by atoms with Gasteiger partial charge in [-0.1, -0.05) is 6.07 Å². The van der Waals surface area contributed by atoms with Crippen LogP contribution >= 0.6 is 11.3 Å². The minimum Gasteiger partial charge on any atom is -0.340 e. The van der Waals surface area contributed by atoms with Gasteiger partial charge in [0.15, 0.2) is 0 Å². The van der Waals surface area contributed by atoms with Crippen LogP contribution in [-0.2, 0) is 11.3 Å². The highest BCUT2D eigenvalue weighted by molar-refractivity contribution is 7.09. The van der Waals surface area contributed by atoms with Crippen LogP contribution < -0.4 is 5.32 Å². The maximum absolute atomic E-state index is 12.5. The van der Waals surface area contributed by atoms with E-state index in [1.807, 2.05) is 18.0 Å². The quantitative estimate of drug-likeness (QED) is 0.903. The van der Waals surface area contributed by atoms with Gasteiger partial charge in [0.25, 0.3) is 0 Å². The number of hydrogen-bond donors (Lipinski definition) is 1. The van der Waals surface area contributed by atoms with Gasteiger partial charge in [-0.2, -0.15) is 0 Å². The van der Waals surface area contributed by atoms with Crippen molar-refractivity contribution in [1.29, 1.82) is 0 Å². The Morgan fingerprint density at radius 1 is 1.48 bits per heavy atom. The number of nitrogens with one attached hydrogen (secondary N) is 1. The van der Waals surface area contributed by atoms with E-state index in [0.29, 0.717) is 18.6 Å². The lowest BCUT2D eigenvalue weighted by molar-refractivity contribution is -0.131. The maximum atomic E-state index is 12.5. The number of likely N-dealkylation sites (N-methyl/N-ethyl adjacent to an activating group) is 1. The van der Waals surface area contributed by atoms with Crippen LogP contribution in [0.4, 0.5) is 0 Å². The smallest absolute Gasteiger partial charge is 0.236 e. The van der Waals surface area contributed by atoms with Crippen LogP contribution in [0.25, 0.3) is 0 Å². The predicted molar refractivity (Wildman–Crippen MR) is 86.4 cm³/mol. The molecule has 0 bridgehead atoms. The summed E-state index contributed by atoms with van der Waals surface area (Å²) >= 11 is 1.71. The Balaban J connectivity index is 1.53. The van der Waals surface area contributed by atoms with Crippen molar-refractivity contribution in [3.05, 3.63) is 22.4 Å². The number of rotatable bonds is 5. The van der Waals surface area contributed by atoms with Gasteiger partial charge in [0, 0.05) is 24.0 Å². The van der Waals surface area contributed by atoms with Gasteiger partial charge in [-0.05, 0) is 50.2 Å². The fourth-order valence-electron chi connectivity index (χ4n) is 3.56. The summed E-state index contributed by atoms with van der Waals surface area (Å²) in [5.74, 6) is 0.244. The van der Waals surface area contributed by atoms with E-state index in [9.17, 15) is 4.79 Å². The molecule has 3 rings (SSSR count). The Labute approximate surface area is 131 Å². The lowest BCUT2D eigenvalue weighted by Gasteiger charge is -2.30. The van der Waals surface area contributed by atoms with Crippen LogP contribution in [-0.4, -0.2) is 54.5 Å². The lowest BCUT2D eigenvalue weighted by Crippen LogP contribution is -2.47. The SMILES string of the molecule is CN(Cc1cccs1)C(=O)CN1CCCC1C1CCCN1. The van der Waals surface area contributed by atoms with Crippen LogP contribution in [0.3, 0.4) is 0 Å². The molecule has 1 aromatic rings. The zero-order valence-corrected chi connectivity index (χ0v) is 13.6. The summed E-state index contributed by atoms with van der Waals surface area (Å²) < 4.78 is 0. The normalized spacial score (nSPS) is 26.3. The van der Waals surface area contributed by atoms with Crippen LogP contribution in [0.15, 0.2) is 17.5 Å². The molecule has 3 heterocycles. The Kier molecular flexibility index (Phi) is 4.93. The largest absolute Gasteiger partial charge is 0.340 e. The van der Waals surface area contributed by atoms with E-state index in [1.165, 1.54) is 30.6 Å². The van der Waals surface area contributed by atoms with Gasteiger partial charge >= 0.3 is 0 Å². The molecule has 116 valence electrons. The first-order valence-corrected chi connectivity index (χ1v) is 8.86. The van der Waals surface area contributed by atoms with E-state index in [2.05, 4.69) is 21.7 Å². The summed E-state index contributed by atoms with van der Waals surface area (Å²) in [4.78, 5) is 18.0. The Morgan fingerprint density at radius 2 is 2.38 bits per heavy atom. The Hall–Kier alpha value is -0.910. The highest BCUT2D eigenvalue weighted by Crippen LogP contribution is 2.24. The molecule has 0 spiro atoms. The summed E-state index contributed by atoms with van der Waals surface area (Å²) in [7, 11) is 1.92. The number of amides is 1. The third-order valence-corrected chi connectivity index (χ3v) is 5.58. The predicted octanol–water partition coefficient (Wildman–Crippen LogP) is 1.92. The van der Waals surface area contributed by atoms with Crippen molar-refractivity contribution < 1.29 is 4.79 Å². The highest BCUT2D eigenvalue weighted by Gasteiger charge is 2.34. The zero-order chi connectivity index (χ0) is 14.7. The molecule has 1 N–H and O–H groups in total. The van der Waals surface area contributed by atoms with Gasteiger partial charge in [0.05, 0.1) is 13.1 Å². The third-order valence-electron chi connectivity index (χ3n) is 4.71. The first kappa shape index (κ1) is 15.0. The molecule has 21 heavy (non-hydrogen) atoms. The number of thiophene rings is 1. The minimum absolute atomic E-state index is 0.244. The molecule has 2 unspecified atom stereocenters. The molecule has 0 radical (unpaired) electrons. The summed E-state index contributed by atoms with van der Waals surface area (Å²) in [6.07, 6.45) is 5.01. The number of nitrogens with zero attached hydrogens (tertiary/aromatic N) is 2.